The van der Waals surface area contributed by atoms with Crippen LogP contribution in [0.4, 0.5) is 5.69 Å². The van der Waals surface area contributed by atoms with Gasteiger partial charge in [0.1, 0.15) is 11.5 Å². The number of hydrogen-bond acceptors (Lipinski definition) is 3. The molecule has 1 atom stereocenters. The van der Waals surface area contributed by atoms with Gasteiger partial charge in [0.05, 0.1) is 6.10 Å². The van der Waals surface area contributed by atoms with Crippen LogP contribution in [0.3, 0.4) is 0 Å². The zero-order valence-corrected chi connectivity index (χ0v) is 13.6. The van der Waals surface area contributed by atoms with Crippen molar-refractivity contribution in [1.82, 2.24) is 5.32 Å². The summed E-state index contributed by atoms with van der Waals surface area (Å²) in [7, 11) is 0. The Kier molecular flexibility index (Phi) is 5.45. The Morgan fingerprint density at radius 1 is 1.09 bits per heavy atom. The number of benzene rings is 2. The lowest BCUT2D eigenvalue weighted by Crippen LogP contribution is -2.34. The van der Waals surface area contributed by atoms with Gasteiger partial charge in [0.25, 0.3) is 0 Å². The standard InChI is InChI=1S/C18H20N2O2S/c23-18(19-13-17-7-4-12-21-17)20-14-8-10-16(11-9-14)22-15-5-2-1-3-6-15/h1-3,5-6,8-11,17H,4,7,12-13H2,(H2,19,20,23)/t17-/m0/s1. The van der Waals surface area contributed by atoms with E-state index in [0.717, 1.165) is 43.2 Å². The Balaban J connectivity index is 1.47. The number of anilines is 1. The van der Waals surface area contributed by atoms with Gasteiger partial charge in [-0.15, -0.1) is 0 Å². The van der Waals surface area contributed by atoms with Crippen LogP contribution in [0.5, 0.6) is 11.5 Å². The Labute approximate surface area is 141 Å². The first kappa shape index (κ1) is 15.8. The van der Waals surface area contributed by atoms with E-state index in [1.54, 1.807) is 0 Å². The maximum absolute atomic E-state index is 5.76. The predicted octanol–water partition coefficient (Wildman–Crippen LogP) is 3.94. The van der Waals surface area contributed by atoms with Crippen LogP contribution < -0.4 is 15.4 Å². The predicted molar refractivity (Wildman–Crippen MR) is 96.2 cm³/mol. The molecule has 0 aromatic heterocycles. The second-order valence-corrected chi connectivity index (χ2v) is 5.82. The van der Waals surface area contributed by atoms with Crippen molar-refractivity contribution in [3.8, 4) is 11.5 Å². The second kappa shape index (κ2) is 7.94. The molecule has 1 aliphatic rings. The number of ether oxygens (including phenoxy) is 2. The van der Waals surface area contributed by atoms with Crippen LogP contribution in [0, 0.1) is 0 Å². The third-order valence-electron chi connectivity index (χ3n) is 3.61. The summed E-state index contributed by atoms with van der Waals surface area (Å²) in [4.78, 5) is 0. The van der Waals surface area contributed by atoms with E-state index in [1.165, 1.54) is 0 Å². The first-order chi connectivity index (χ1) is 11.3. The average Bonchev–Trinajstić information content (AvgIpc) is 3.09. The Morgan fingerprint density at radius 3 is 2.52 bits per heavy atom. The smallest absolute Gasteiger partial charge is 0.170 e. The highest BCUT2D eigenvalue weighted by atomic mass is 32.1. The maximum atomic E-state index is 5.76. The van der Waals surface area contributed by atoms with Crippen LogP contribution in [0.2, 0.25) is 0 Å². The first-order valence-electron chi connectivity index (χ1n) is 7.79. The molecule has 2 aromatic rings. The van der Waals surface area contributed by atoms with E-state index >= 15 is 0 Å². The summed E-state index contributed by atoms with van der Waals surface area (Å²) >= 11 is 5.30. The summed E-state index contributed by atoms with van der Waals surface area (Å²) in [6, 6.07) is 17.4. The minimum Gasteiger partial charge on any atom is -0.457 e. The molecule has 0 unspecified atom stereocenters. The second-order valence-electron chi connectivity index (χ2n) is 5.41. The molecule has 0 amide bonds. The topological polar surface area (TPSA) is 42.5 Å². The van der Waals surface area contributed by atoms with Gasteiger partial charge in [0, 0.05) is 18.8 Å². The molecule has 1 aliphatic heterocycles. The molecule has 1 fully saturated rings. The van der Waals surface area contributed by atoms with Crippen LogP contribution in [0.1, 0.15) is 12.8 Å². The van der Waals surface area contributed by atoms with Crippen LogP contribution in [-0.4, -0.2) is 24.4 Å². The molecule has 120 valence electrons. The van der Waals surface area contributed by atoms with E-state index in [1.807, 2.05) is 54.6 Å². The quantitative estimate of drug-likeness (QED) is 0.814. The Hall–Kier alpha value is -2.11. The highest BCUT2D eigenvalue weighted by Crippen LogP contribution is 2.22. The molecule has 1 heterocycles. The SMILES string of the molecule is S=C(NC[C@@H]1CCCO1)Nc1ccc(Oc2ccccc2)cc1. The van der Waals surface area contributed by atoms with Crippen molar-refractivity contribution in [2.45, 2.75) is 18.9 Å². The summed E-state index contributed by atoms with van der Waals surface area (Å²) in [5.74, 6) is 1.61. The third-order valence-corrected chi connectivity index (χ3v) is 3.85. The van der Waals surface area contributed by atoms with E-state index in [9.17, 15) is 0 Å². The molecule has 0 radical (unpaired) electrons. The van der Waals surface area contributed by atoms with Gasteiger partial charge in [-0.1, -0.05) is 18.2 Å². The lowest BCUT2D eigenvalue weighted by atomic mass is 10.2. The summed E-state index contributed by atoms with van der Waals surface area (Å²) in [6.07, 6.45) is 2.51. The fourth-order valence-electron chi connectivity index (χ4n) is 2.42. The van der Waals surface area contributed by atoms with E-state index in [-0.39, 0.29) is 6.10 Å². The number of nitrogens with one attached hydrogen (secondary N) is 2. The molecule has 1 saturated heterocycles. The van der Waals surface area contributed by atoms with E-state index in [2.05, 4.69) is 10.6 Å². The molecular formula is C18H20N2O2S. The molecule has 0 aliphatic carbocycles. The van der Waals surface area contributed by atoms with Crippen LogP contribution in [-0.2, 0) is 4.74 Å². The average molecular weight is 328 g/mol. The van der Waals surface area contributed by atoms with E-state index in [4.69, 9.17) is 21.7 Å². The molecule has 4 nitrogen and oxygen atoms in total. The molecule has 2 aromatic carbocycles. The van der Waals surface area contributed by atoms with Crippen molar-refractivity contribution >= 4 is 23.0 Å². The highest BCUT2D eigenvalue weighted by Gasteiger charge is 2.15. The Morgan fingerprint density at radius 2 is 1.83 bits per heavy atom. The van der Waals surface area contributed by atoms with Gasteiger partial charge in [0.2, 0.25) is 0 Å². The number of thiocarbonyl (C=S) groups is 1. The monoisotopic (exact) mass is 328 g/mol. The van der Waals surface area contributed by atoms with Gasteiger partial charge in [-0.05, 0) is 61.5 Å². The molecule has 3 rings (SSSR count). The fraction of sp³-hybridized carbons (Fsp3) is 0.278. The minimum atomic E-state index is 0.274. The lowest BCUT2D eigenvalue weighted by molar-refractivity contribution is 0.114. The van der Waals surface area contributed by atoms with Gasteiger partial charge in [0.15, 0.2) is 5.11 Å². The normalized spacial score (nSPS) is 16.8. The summed E-state index contributed by atoms with van der Waals surface area (Å²) in [6.45, 7) is 1.61. The molecule has 23 heavy (non-hydrogen) atoms. The maximum Gasteiger partial charge on any atom is 0.170 e. The van der Waals surface area contributed by atoms with Gasteiger partial charge in [-0.3, -0.25) is 0 Å². The van der Waals surface area contributed by atoms with Crippen LogP contribution in [0.15, 0.2) is 54.6 Å². The lowest BCUT2D eigenvalue weighted by Gasteiger charge is -2.14. The van der Waals surface area contributed by atoms with Gasteiger partial charge < -0.3 is 20.1 Å². The largest absolute Gasteiger partial charge is 0.457 e. The van der Waals surface area contributed by atoms with Gasteiger partial charge in [-0.2, -0.15) is 0 Å². The Bertz CT molecular complexity index is 625. The highest BCUT2D eigenvalue weighted by molar-refractivity contribution is 7.80. The molecule has 2 N–H and O–H groups in total. The first-order valence-corrected chi connectivity index (χ1v) is 8.20. The number of rotatable bonds is 5. The molecule has 5 heteroatoms. The van der Waals surface area contributed by atoms with E-state index < -0.39 is 0 Å². The van der Waals surface area contributed by atoms with Crippen LogP contribution >= 0.6 is 12.2 Å². The van der Waals surface area contributed by atoms with Crippen molar-refractivity contribution < 1.29 is 9.47 Å². The zero-order chi connectivity index (χ0) is 15.9. The van der Waals surface area contributed by atoms with Crippen LogP contribution in [0.25, 0.3) is 0 Å². The summed E-state index contributed by atoms with van der Waals surface area (Å²) in [5.41, 5.74) is 0.926. The minimum absolute atomic E-state index is 0.274. The third kappa shape index (κ3) is 4.94. The van der Waals surface area contributed by atoms with Gasteiger partial charge >= 0.3 is 0 Å². The van der Waals surface area contributed by atoms with Crippen molar-refractivity contribution in [3.05, 3.63) is 54.6 Å². The van der Waals surface area contributed by atoms with Crippen molar-refractivity contribution in [2.24, 2.45) is 0 Å². The van der Waals surface area contributed by atoms with Crippen molar-refractivity contribution in [3.63, 3.8) is 0 Å². The number of para-hydroxylation sites is 1. The zero-order valence-electron chi connectivity index (χ0n) is 12.8. The molecule has 0 bridgehead atoms. The van der Waals surface area contributed by atoms with Crippen molar-refractivity contribution in [2.75, 3.05) is 18.5 Å². The summed E-state index contributed by atoms with van der Waals surface area (Å²) in [5, 5.41) is 6.97. The van der Waals surface area contributed by atoms with E-state index in [0.29, 0.717) is 5.11 Å². The van der Waals surface area contributed by atoms with Crippen molar-refractivity contribution in [1.29, 1.82) is 0 Å². The summed E-state index contributed by atoms with van der Waals surface area (Å²) < 4.78 is 11.3. The number of hydrogen-bond donors (Lipinski definition) is 2. The molecule has 0 spiro atoms. The van der Waals surface area contributed by atoms with Gasteiger partial charge in [-0.25, -0.2) is 0 Å². The fourth-order valence-corrected chi connectivity index (χ4v) is 2.62. The molecule has 0 saturated carbocycles. The molecular weight excluding hydrogens is 308 g/mol.